The van der Waals surface area contributed by atoms with Gasteiger partial charge in [0, 0.05) is 0 Å². The lowest BCUT2D eigenvalue weighted by Crippen LogP contribution is -1.88. The molecule has 1 aromatic rings. The number of ether oxygens (including phenoxy) is 1. The zero-order chi connectivity index (χ0) is 13.1. The summed E-state index contributed by atoms with van der Waals surface area (Å²) >= 11 is 0. The summed E-state index contributed by atoms with van der Waals surface area (Å²) in [5.41, 5.74) is 1.40. The normalized spacial score (nSPS) is 10.6. The average molecular weight is 248 g/mol. The van der Waals surface area contributed by atoms with Gasteiger partial charge >= 0.3 is 0 Å². The quantitative estimate of drug-likeness (QED) is 0.505. The molecule has 0 radical (unpaired) electrons. The van der Waals surface area contributed by atoms with Crippen molar-refractivity contribution in [3.8, 4) is 5.75 Å². The second-order valence-electron chi connectivity index (χ2n) is 5.08. The van der Waals surface area contributed by atoms with Crippen molar-refractivity contribution in [2.24, 2.45) is 0 Å². The summed E-state index contributed by atoms with van der Waals surface area (Å²) < 4.78 is 5.24. The van der Waals surface area contributed by atoms with Crippen molar-refractivity contribution in [3.05, 3.63) is 29.8 Å². The minimum Gasteiger partial charge on any atom is -0.497 e. The number of hydrogen-bond donors (Lipinski definition) is 0. The second kappa shape index (κ2) is 9.99. The van der Waals surface area contributed by atoms with Gasteiger partial charge in [0.15, 0.2) is 0 Å². The van der Waals surface area contributed by atoms with E-state index in [1.165, 1.54) is 63.4 Å². The lowest BCUT2D eigenvalue weighted by molar-refractivity contribution is 0.414. The van der Waals surface area contributed by atoms with E-state index in [1.807, 2.05) is 6.07 Å². The first kappa shape index (κ1) is 15.1. The highest BCUT2D eigenvalue weighted by Gasteiger charge is 1.96. The third kappa shape index (κ3) is 6.68. The molecule has 0 spiro atoms. The SMILES string of the molecule is CCCCCCCCCCc1cccc(OC)c1. The van der Waals surface area contributed by atoms with Gasteiger partial charge in [-0.05, 0) is 30.5 Å². The highest BCUT2D eigenvalue weighted by atomic mass is 16.5. The van der Waals surface area contributed by atoms with Crippen LogP contribution in [0, 0.1) is 0 Å². The molecular weight excluding hydrogens is 220 g/mol. The number of benzene rings is 1. The van der Waals surface area contributed by atoms with Crippen molar-refractivity contribution in [1.29, 1.82) is 0 Å². The molecule has 1 heteroatoms. The molecule has 0 saturated carbocycles. The van der Waals surface area contributed by atoms with Crippen molar-refractivity contribution < 1.29 is 4.74 Å². The van der Waals surface area contributed by atoms with Crippen LogP contribution in [0.1, 0.15) is 63.9 Å². The van der Waals surface area contributed by atoms with Crippen molar-refractivity contribution in [2.45, 2.75) is 64.7 Å². The Morgan fingerprint density at radius 1 is 0.889 bits per heavy atom. The molecule has 0 amide bonds. The Kier molecular flexibility index (Phi) is 8.37. The molecule has 102 valence electrons. The molecule has 0 aliphatic heterocycles. The Morgan fingerprint density at radius 2 is 1.56 bits per heavy atom. The van der Waals surface area contributed by atoms with Gasteiger partial charge in [0.05, 0.1) is 7.11 Å². The smallest absolute Gasteiger partial charge is 0.119 e. The lowest BCUT2D eigenvalue weighted by Gasteiger charge is -2.04. The largest absolute Gasteiger partial charge is 0.497 e. The van der Waals surface area contributed by atoms with Crippen LogP contribution in [0.3, 0.4) is 0 Å². The molecule has 0 bridgehead atoms. The van der Waals surface area contributed by atoms with E-state index in [1.54, 1.807) is 7.11 Å². The highest BCUT2D eigenvalue weighted by molar-refractivity contribution is 5.28. The van der Waals surface area contributed by atoms with Crippen LogP contribution in [0.25, 0.3) is 0 Å². The number of hydrogen-bond acceptors (Lipinski definition) is 1. The summed E-state index contributed by atoms with van der Waals surface area (Å²) in [5.74, 6) is 0.979. The molecule has 0 aromatic heterocycles. The van der Waals surface area contributed by atoms with Gasteiger partial charge in [-0.15, -0.1) is 0 Å². The van der Waals surface area contributed by atoms with Crippen LogP contribution in [0.5, 0.6) is 5.75 Å². The van der Waals surface area contributed by atoms with E-state index in [4.69, 9.17) is 4.74 Å². The average Bonchev–Trinajstić information content (AvgIpc) is 2.42. The zero-order valence-corrected chi connectivity index (χ0v) is 12.1. The Hall–Kier alpha value is -0.980. The fourth-order valence-electron chi connectivity index (χ4n) is 2.29. The molecule has 0 unspecified atom stereocenters. The van der Waals surface area contributed by atoms with Gasteiger partial charge in [0.1, 0.15) is 5.75 Å². The lowest BCUT2D eigenvalue weighted by atomic mass is 10.0. The maximum atomic E-state index is 5.24. The van der Waals surface area contributed by atoms with Gasteiger partial charge in [-0.2, -0.15) is 0 Å². The predicted molar refractivity (Wildman–Crippen MR) is 79.3 cm³/mol. The topological polar surface area (TPSA) is 9.23 Å². The summed E-state index contributed by atoms with van der Waals surface area (Å²) in [6.07, 6.45) is 12.3. The van der Waals surface area contributed by atoms with Crippen LogP contribution in [-0.2, 0) is 6.42 Å². The number of aryl methyl sites for hydroxylation is 1. The first-order chi connectivity index (χ1) is 8.86. The van der Waals surface area contributed by atoms with Crippen molar-refractivity contribution >= 4 is 0 Å². The van der Waals surface area contributed by atoms with Gasteiger partial charge in [-0.25, -0.2) is 0 Å². The van der Waals surface area contributed by atoms with Crippen LogP contribution >= 0.6 is 0 Å². The summed E-state index contributed by atoms with van der Waals surface area (Å²) in [5, 5.41) is 0. The molecule has 18 heavy (non-hydrogen) atoms. The van der Waals surface area contributed by atoms with Crippen LogP contribution in [0.2, 0.25) is 0 Å². The number of unbranched alkanes of at least 4 members (excludes halogenated alkanes) is 7. The molecule has 0 aliphatic carbocycles. The molecule has 1 nitrogen and oxygen atoms in total. The van der Waals surface area contributed by atoms with E-state index in [0.717, 1.165) is 5.75 Å². The van der Waals surface area contributed by atoms with Crippen LogP contribution in [0.4, 0.5) is 0 Å². The minimum absolute atomic E-state index is 0.979. The first-order valence-electron chi connectivity index (χ1n) is 7.49. The molecule has 0 saturated heterocycles. The van der Waals surface area contributed by atoms with Gasteiger partial charge in [0.2, 0.25) is 0 Å². The molecule has 0 aliphatic rings. The molecule has 1 aromatic carbocycles. The maximum absolute atomic E-state index is 5.24. The molecule has 1 rings (SSSR count). The Balaban J connectivity index is 2.03. The summed E-state index contributed by atoms with van der Waals surface area (Å²) in [4.78, 5) is 0. The zero-order valence-electron chi connectivity index (χ0n) is 12.1. The molecular formula is C17H28O. The van der Waals surface area contributed by atoms with E-state index in [2.05, 4.69) is 25.1 Å². The third-order valence-electron chi connectivity index (χ3n) is 3.45. The number of methoxy groups -OCH3 is 1. The van der Waals surface area contributed by atoms with E-state index < -0.39 is 0 Å². The molecule has 0 N–H and O–H groups in total. The highest BCUT2D eigenvalue weighted by Crippen LogP contribution is 2.15. The van der Waals surface area contributed by atoms with E-state index >= 15 is 0 Å². The third-order valence-corrected chi connectivity index (χ3v) is 3.45. The van der Waals surface area contributed by atoms with Crippen molar-refractivity contribution in [1.82, 2.24) is 0 Å². The molecule has 0 atom stereocenters. The standard InChI is InChI=1S/C17H28O/c1-3-4-5-6-7-8-9-10-12-16-13-11-14-17(15-16)18-2/h11,13-15H,3-10,12H2,1-2H3. The Labute approximate surface area is 113 Å². The van der Waals surface area contributed by atoms with Crippen molar-refractivity contribution in [2.75, 3.05) is 7.11 Å². The number of rotatable bonds is 10. The van der Waals surface area contributed by atoms with E-state index in [-0.39, 0.29) is 0 Å². The van der Waals surface area contributed by atoms with Crippen molar-refractivity contribution in [3.63, 3.8) is 0 Å². The maximum Gasteiger partial charge on any atom is 0.119 e. The van der Waals surface area contributed by atoms with Crippen LogP contribution in [0.15, 0.2) is 24.3 Å². The molecule has 0 heterocycles. The second-order valence-corrected chi connectivity index (χ2v) is 5.08. The Bertz CT molecular complexity index is 306. The summed E-state index contributed by atoms with van der Waals surface area (Å²) in [6.45, 7) is 2.27. The van der Waals surface area contributed by atoms with Crippen LogP contribution in [-0.4, -0.2) is 7.11 Å². The van der Waals surface area contributed by atoms with E-state index in [9.17, 15) is 0 Å². The summed E-state index contributed by atoms with van der Waals surface area (Å²) in [7, 11) is 1.73. The monoisotopic (exact) mass is 248 g/mol. The van der Waals surface area contributed by atoms with Gasteiger partial charge in [0.25, 0.3) is 0 Å². The van der Waals surface area contributed by atoms with Crippen LogP contribution < -0.4 is 4.74 Å². The first-order valence-corrected chi connectivity index (χ1v) is 7.49. The minimum atomic E-state index is 0.979. The van der Waals surface area contributed by atoms with Gasteiger partial charge in [-0.1, -0.05) is 64.0 Å². The van der Waals surface area contributed by atoms with Gasteiger partial charge in [-0.3, -0.25) is 0 Å². The fraction of sp³-hybridized carbons (Fsp3) is 0.647. The fourth-order valence-corrected chi connectivity index (χ4v) is 2.29. The van der Waals surface area contributed by atoms with Gasteiger partial charge < -0.3 is 4.74 Å². The predicted octanol–water partition coefficient (Wildman–Crippen LogP) is 5.38. The summed E-state index contributed by atoms with van der Waals surface area (Å²) in [6, 6.07) is 8.45. The van der Waals surface area contributed by atoms with E-state index in [0.29, 0.717) is 0 Å². The molecule has 0 fully saturated rings. The Morgan fingerprint density at radius 3 is 2.22 bits per heavy atom.